The summed E-state index contributed by atoms with van der Waals surface area (Å²) in [7, 11) is 0. The Kier molecular flexibility index (Phi) is 4.81. The zero-order valence-electron chi connectivity index (χ0n) is 12.8. The molecule has 1 aromatic heterocycles. The molecule has 0 spiro atoms. The molecular formula is C15H26N4O. The van der Waals surface area contributed by atoms with Gasteiger partial charge in [-0.1, -0.05) is 20.8 Å². The molecule has 0 amide bonds. The lowest BCUT2D eigenvalue weighted by molar-refractivity contribution is 0.0946. The summed E-state index contributed by atoms with van der Waals surface area (Å²) in [5, 5.41) is 0. The largest absolute Gasteiger partial charge is 0.474 e. The highest BCUT2D eigenvalue weighted by Gasteiger charge is 2.28. The first kappa shape index (κ1) is 15.0. The molecule has 1 aliphatic rings. The van der Waals surface area contributed by atoms with E-state index in [4.69, 9.17) is 10.6 Å². The second-order valence-electron chi connectivity index (χ2n) is 6.38. The zero-order valence-corrected chi connectivity index (χ0v) is 12.8. The molecule has 0 atom stereocenters. The lowest BCUT2D eigenvalue weighted by Crippen LogP contribution is -2.28. The Bertz CT molecular complexity index is 437. The SMILES string of the molecule is CCCc1nc(NN)cc(OC2CCC(C)(C)CC2)n1. The first-order chi connectivity index (χ1) is 9.52. The van der Waals surface area contributed by atoms with Crippen molar-refractivity contribution in [3.8, 4) is 5.88 Å². The Morgan fingerprint density at radius 1 is 1.35 bits per heavy atom. The molecule has 1 heterocycles. The van der Waals surface area contributed by atoms with Crippen LogP contribution in [-0.2, 0) is 6.42 Å². The molecule has 5 nitrogen and oxygen atoms in total. The van der Waals surface area contributed by atoms with Gasteiger partial charge in [0.05, 0.1) is 0 Å². The minimum Gasteiger partial charge on any atom is -0.474 e. The highest BCUT2D eigenvalue weighted by atomic mass is 16.5. The maximum atomic E-state index is 6.03. The van der Waals surface area contributed by atoms with Crippen molar-refractivity contribution in [3.05, 3.63) is 11.9 Å². The van der Waals surface area contributed by atoms with Gasteiger partial charge in [0.2, 0.25) is 5.88 Å². The van der Waals surface area contributed by atoms with Gasteiger partial charge in [-0.3, -0.25) is 0 Å². The zero-order chi connectivity index (χ0) is 14.6. The number of nitrogen functional groups attached to an aromatic ring is 1. The third-order valence-electron chi connectivity index (χ3n) is 3.94. The van der Waals surface area contributed by atoms with Gasteiger partial charge in [0.25, 0.3) is 0 Å². The molecule has 0 bridgehead atoms. The topological polar surface area (TPSA) is 73.1 Å². The lowest BCUT2D eigenvalue weighted by Gasteiger charge is -2.34. The van der Waals surface area contributed by atoms with Crippen LogP contribution in [0.1, 0.15) is 58.7 Å². The van der Waals surface area contributed by atoms with E-state index in [1.807, 2.05) is 0 Å². The third kappa shape index (κ3) is 4.07. The van der Waals surface area contributed by atoms with Gasteiger partial charge in [-0.2, -0.15) is 4.98 Å². The molecule has 0 radical (unpaired) electrons. The summed E-state index contributed by atoms with van der Waals surface area (Å²) < 4.78 is 6.03. The maximum absolute atomic E-state index is 6.03. The van der Waals surface area contributed by atoms with Crippen LogP contribution in [0.15, 0.2) is 6.07 Å². The van der Waals surface area contributed by atoms with Gasteiger partial charge in [0.15, 0.2) is 0 Å². The molecule has 1 fully saturated rings. The number of aryl methyl sites for hydroxylation is 1. The molecule has 0 saturated heterocycles. The Labute approximate surface area is 121 Å². The predicted octanol–water partition coefficient (Wildman–Crippen LogP) is 3.06. The first-order valence-electron chi connectivity index (χ1n) is 7.53. The molecule has 3 N–H and O–H groups in total. The van der Waals surface area contributed by atoms with E-state index < -0.39 is 0 Å². The Morgan fingerprint density at radius 3 is 2.65 bits per heavy atom. The van der Waals surface area contributed by atoms with E-state index >= 15 is 0 Å². The number of nitrogens with one attached hydrogen (secondary N) is 1. The van der Waals surface area contributed by atoms with Crippen LogP contribution in [-0.4, -0.2) is 16.1 Å². The molecule has 1 aromatic rings. The van der Waals surface area contributed by atoms with E-state index in [9.17, 15) is 0 Å². The van der Waals surface area contributed by atoms with Crippen LogP contribution in [0.25, 0.3) is 0 Å². The second kappa shape index (κ2) is 6.39. The van der Waals surface area contributed by atoms with E-state index in [1.165, 1.54) is 12.8 Å². The number of rotatable bonds is 5. The summed E-state index contributed by atoms with van der Waals surface area (Å²) in [4.78, 5) is 8.80. The fraction of sp³-hybridized carbons (Fsp3) is 0.733. The molecule has 2 rings (SSSR count). The van der Waals surface area contributed by atoms with Crippen molar-refractivity contribution >= 4 is 5.82 Å². The lowest BCUT2D eigenvalue weighted by atomic mass is 9.76. The minimum absolute atomic E-state index is 0.262. The van der Waals surface area contributed by atoms with Gasteiger partial charge in [-0.05, 0) is 37.5 Å². The molecule has 1 aliphatic carbocycles. The van der Waals surface area contributed by atoms with Crippen molar-refractivity contribution in [1.29, 1.82) is 0 Å². The molecule has 5 heteroatoms. The van der Waals surface area contributed by atoms with Crippen molar-refractivity contribution in [1.82, 2.24) is 9.97 Å². The highest BCUT2D eigenvalue weighted by Crippen LogP contribution is 2.36. The minimum atomic E-state index is 0.262. The van der Waals surface area contributed by atoms with E-state index in [0.29, 0.717) is 17.1 Å². The normalized spacial score (nSPS) is 18.8. The van der Waals surface area contributed by atoms with Gasteiger partial charge in [-0.15, -0.1) is 0 Å². The van der Waals surface area contributed by atoms with Gasteiger partial charge >= 0.3 is 0 Å². The number of aromatic nitrogens is 2. The smallest absolute Gasteiger partial charge is 0.219 e. The number of hydrazine groups is 1. The fourth-order valence-electron chi connectivity index (χ4n) is 2.60. The van der Waals surface area contributed by atoms with E-state index in [2.05, 4.69) is 36.2 Å². The number of ether oxygens (including phenoxy) is 1. The van der Waals surface area contributed by atoms with Crippen LogP contribution in [0.5, 0.6) is 5.88 Å². The molecule has 1 saturated carbocycles. The van der Waals surface area contributed by atoms with Gasteiger partial charge < -0.3 is 10.2 Å². The fourth-order valence-corrected chi connectivity index (χ4v) is 2.60. The van der Waals surface area contributed by atoms with Crippen LogP contribution >= 0.6 is 0 Å². The summed E-state index contributed by atoms with van der Waals surface area (Å²) in [6.07, 6.45) is 6.68. The average molecular weight is 278 g/mol. The van der Waals surface area contributed by atoms with Crippen LogP contribution in [0.4, 0.5) is 5.82 Å². The number of nitrogens with zero attached hydrogens (tertiary/aromatic N) is 2. The van der Waals surface area contributed by atoms with Crippen LogP contribution < -0.4 is 16.0 Å². The van der Waals surface area contributed by atoms with Gasteiger partial charge in [0.1, 0.15) is 17.7 Å². The van der Waals surface area contributed by atoms with Crippen molar-refractivity contribution < 1.29 is 4.74 Å². The second-order valence-corrected chi connectivity index (χ2v) is 6.38. The Balaban J connectivity index is 2.03. The van der Waals surface area contributed by atoms with Crippen LogP contribution in [0, 0.1) is 5.41 Å². The summed E-state index contributed by atoms with van der Waals surface area (Å²) in [6, 6.07) is 1.78. The van der Waals surface area contributed by atoms with Crippen LogP contribution in [0.2, 0.25) is 0 Å². The summed E-state index contributed by atoms with van der Waals surface area (Å²) >= 11 is 0. The Morgan fingerprint density at radius 2 is 2.05 bits per heavy atom. The standard InChI is InChI=1S/C15H26N4O/c1-4-5-12-17-13(19-16)10-14(18-12)20-11-6-8-15(2,3)9-7-11/h10-11H,4-9,16H2,1-3H3,(H,17,18,19). The van der Waals surface area contributed by atoms with E-state index in [-0.39, 0.29) is 6.10 Å². The van der Waals surface area contributed by atoms with Crippen molar-refractivity contribution in [2.45, 2.75) is 65.4 Å². The van der Waals surface area contributed by atoms with E-state index in [0.717, 1.165) is 31.5 Å². The summed E-state index contributed by atoms with van der Waals surface area (Å²) in [6.45, 7) is 6.75. The molecule has 20 heavy (non-hydrogen) atoms. The first-order valence-corrected chi connectivity index (χ1v) is 7.53. The molecule has 0 aliphatic heterocycles. The molecule has 0 unspecified atom stereocenters. The molecule has 0 aromatic carbocycles. The summed E-state index contributed by atoms with van der Waals surface area (Å²) in [5.74, 6) is 7.50. The highest BCUT2D eigenvalue weighted by molar-refractivity contribution is 5.37. The van der Waals surface area contributed by atoms with E-state index in [1.54, 1.807) is 6.07 Å². The quantitative estimate of drug-likeness (QED) is 0.639. The average Bonchev–Trinajstić information content (AvgIpc) is 2.41. The van der Waals surface area contributed by atoms with Gasteiger partial charge in [-0.25, -0.2) is 10.8 Å². The van der Waals surface area contributed by atoms with Crippen molar-refractivity contribution in [2.24, 2.45) is 11.3 Å². The van der Waals surface area contributed by atoms with Crippen molar-refractivity contribution in [2.75, 3.05) is 5.43 Å². The van der Waals surface area contributed by atoms with Crippen LogP contribution in [0.3, 0.4) is 0 Å². The maximum Gasteiger partial charge on any atom is 0.219 e. The molecular weight excluding hydrogens is 252 g/mol. The number of nitrogens with two attached hydrogens (primary N) is 1. The Hall–Kier alpha value is -1.36. The van der Waals surface area contributed by atoms with Crippen molar-refractivity contribution in [3.63, 3.8) is 0 Å². The third-order valence-corrected chi connectivity index (χ3v) is 3.94. The predicted molar refractivity (Wildman–Crippen MR) is 80.5 cm³/mol. The number of hydrogen-bond acceptors (Lipinski definition) is 5. The number of hydrogen-bond donors (Lipinski definition) is 2. The monoisotopic (exact) mass is 278 g/mol. The van der Waals surface area contributed by atoms with Gasteiger partial charge in [0, 0.05) is 12.5 Å². The molecule has 112 valence electrons. The number of anilines is 1. The summed E-state index contributed by atoms with van der Waals surface area (Å²) in [5.41, 5.74) is 3.03.